The maximum absolute atomic E-state index is 6.70. The second-order valence-corrected chi connectivity index (χ2v) is 6.14. The van der Waals surface area contributed by atoms with Crippen molar-refractivity contribution in [1.29, 1.82) is 0 Å². The molecule has 1 atom stereocenters. The SMILES string of the molecule is COc1cc(C)c(C(C)(N)c2ccc(C)c(C)c2)cc1C. The predicted octanol–water partition coefficient (Wildman–Crippen LogP) is 4.15. The van der Waals surface area contributed by atoms with Gasteiger partial charge in [-0.3, -0.25) is 0 Å². The summed E-state index contributed by atoms with van der Waals surface area (Å²) in [6, 6.07) is 10.7. The highest BCUT2D eigenvalue weighted by Gasteiger charge is 2.26. The van der Waals surface area contributed by atoms with Gasteiger partial charge in [0.2, 0.25) is 0 Å². The second kappa shape index (κ2) is 5.53. The van der Waals surface area contributed by atoms with Gasteiger partial charge in [-0.2, -0.15) is 0 Å². The maximum Gasteiger partial charge on any atom is 0.122 e. The molecule has 0 fully saturated rings. The van der Waals surface area contributed by atoms with Crippen LogP contribution in [0.15, 0.2) is 30.3 Å². The van der Waals surface area contributed by atoms with Crippen molar-refractivity contribution in [2.45, 2.75) is 40.2 Å². The molecule has 0 saturated carbocycles. The number of ether oxygens (including phenoxy) is 1. The molecule has 2 rings (SSSR count). The summed E-state index contributed by atoms with van der Waals surface area (Å²) in [5.74, 6) is 0.909. The molecule has 2 heteroatoms. The fourth-order valence-corrected chi connectivity index (χ4v) is 2.79. The van der Waals surface area contributed by atoms with Crippen molar-refractivity contribution in [3.05, 3.63) is 63.7 Å². The minimum Gasteiger partial charge on any atom is -0.496 e. The van der Waals surface area contributed by atoms with Gasteiger partial charge in [0.05, 0.1) is 12.6 Å². The minimum atomic E-state index is -0.514. The Hall–Kier alpha value is -1.80. The van der Waals surface area contributed by atoms with E-state index in [0.717, 1.165) is 28.0 Å². The van der Waals surface area contributed by atoms with E-state index < -0.39 is 5.54 Å². The lowest BCUT2D eigenvalue weighted by Crippen LogP contribution is -2.35. The standard InChI is InChI=1S/C19H25NO/c1-12-7-8-16(9-13(12)2)19(5,20)17-10-15(4)18(21-6)11-14(17)3/h7-11H,20H2,1-6H3. The van der Waals surface area contributed by atoms with Crippen molar-refractivity contribution in [2.75, 3.05) is 7.11 Å². The van der Waals surface area contributed by atoms with Crippen LogP contribution in [0.3, 0.4) is 0 Å². The summed E-state index contributed by atoms with van der Waals surface area (Å²) >= 11 is 0. The molecule has 0 aliphatic heterocycles. The van der Waals surface area contributed by atoms with Crippen molar-refractivity contribution in [3.8, 4) is 5.75 Å². The predicted molar refractivity (Wildman–Crippen MR) is 89.0 cm³/mol. The fraction of sp³-hybridized carbons (Fsp3) is 0.368. The molecule has 2 aromatic carbocycles. The molecule has 0 bridgehead atoms. The third-order valence-electron chi connectivity index (χ3n) is 4.41. The van der Waals surface area contributed by atoms with Gasteiger partial charge in [-0.05, 0) is 80.1 Å². The molecule has 112 valence electrons. The topological polar surface area (TPSA) is 35.2 Å². The third-order valence-corrected chi connectivity index (χ3v) is 4.41. The monoisotopic (exact) mass is 283 g/mol. The van der Waals surface area contributed by atoms with Gasteiger partial charge in [0.15, 0.2) is 0 Å². The Morgan fingerprint density at radius 2 is 1.52 bits per heavy atom. The van der Waals surface area contributed by atoms with Crippen LogP contribution in [0.5, 0.6) is 5.75 Å². The molecule has 0 radical (unpaired) electrons. The minimum absolute atomic E-state index is 0.514. The molecule has 0 aliphatic carbocycles. The van der Waals surface area contributed by atoms with Crippen molar-refractivity contribution >= 4 is 0 Å². The number of hydrogen-bond acceptors (Lipinski definition) is 2. The zero-order valence-electron chi connectivity index (χ0n) is 13.9. The number of methoxy groups -OCH3 is 1. The summed E-state index contributed by atoms with van der Waals surface area (Å²) in [6.07, 6.45) is 0. The number of rotatable bonds is 3. The van der Waals surface area contributed by atoms with E-state index >= 15 is 0 Å². The lowest BCUT2D eigenvalue weighted by atomic mass is 9.81. The van der Waals surface area contributed by atoms with E-state index in [-0.39, 0.29) is 0 Å². The maximum atomic E-state index is 6.70. The summed E-state index contributed by atoms with van der Waals surface area (Å²) < 4.78 is 5.39. The van der Waals surface area contributed by atoms with Crippen LogP contribution in [0.25, 0.3) is 0 Å². The molecular formula is C19H25NO. The number of hydrogen-bond donors (Lipinski definition) is 1. The van der Waals surface area contributed by atoms with E-state index in [0.29, 0.717) is 0 Å². The highest BCUT2D eigenvalue weighted by Crippen LogP contribution is 2.33. The molecule has 21 heavy (non-hydrogen) atoms. The summed E-state index contributed by atoms with van der Waals surface area (Å²) in [6.45, 7) is 10.5. The zero-order valence-corrected chi connectivity index (χ0v) is 13.9. The van der Waals surface area contributed by atoms with Gasteiger partial charge in [-0.1, -0.05) is 18.2 Å². The normalized spacial score (nSPS) is 13.9. The molecule has 2 nitrogen and oxygen atoms in total. The lowest BCUT2D eigenvalue weighted by molar-refractivity contribution is 0.410. The smallest absolute Gasteiger partial charge is 0.122 e. The molecule has 0 saturated heterocycles. The van der Waals surface area contributed by atoms with Crippen molar-refractivity contribution < 1.29 is 4.74 Å². The zero-order chi connectivity index (χ0) is 15.8. The first-order valence-electron chi connectivity index (χ1n) is 7.29. The summed E-state index contributed by atoms with van der Waals surface area (Å²) in [5, 5.41) is 0. The highest BCUT2D eigenvalue weighted by atomic mass is 16.5. The van der Waals surface area contributed by atoms with Crippen LogP contribution in [0, 0.1) is 27.7 Å². The van der Waals surface area contributed by atoms with Crippen LogP contribution in [0.1, 0.15) is 40.3 Å². The Kier molecular flexibility index (Phi) is 4.11. The lowest BCUT2D eigenvalue weighted by Gasteiger charge is -2.29. The molecular weight excluding hydrogens is 258 g/mol. The van der Waals surface area contributed by atoms with Crippen LogP contribution >= 0.6 is 0 Å². The van der Waals surface area contributed by atoms with Crippen molar-refractivity contribution in [2.24, 2.45) is 5.73 Å². The highest BCUT2D eigenvalue weighted by molar-refractivity contribution is 5.49. The Bertz CT molecular complexity index is 672. The van der Waals surface area contributed by atoms with E-state index in [1.54, 1.807) is 7.11 Å². The van der Waals surface area contributed by atoms with E-state index in [2.05, 4.69) is 65.0 Å². The van der Waals surface area contributed by atoms with Gasteiger partial charge < -0.3 is 10.5 Å². The van der Waals surface area contributed by atoms with Crippen LogP contribution in [-0.2, 0) is 5.54 Å². The molecule has 2 aromatic rings. The largest absolute Gasteiger partial charge is 0.496 e. The average molecular weight is 283 g/mol. The van der Waals surface area contributed by atoms with Gasteiger partial charge in [-0.15, -0.1) is 0 Å². The number of benzene rings is 2. The Morgan fingerprint density at radius 1 is 0.857 bits per heavy atom. The summed E-state index contributed by atoms with van der Waals surface area (Å²) in [4.78, 5) is 0. The van der Waals surface area contributed by atoms with Gasteiger partial charge in [0.1, 0.15) is 5.75 Å². The number of aryl methyl sites for hydroxylation is 4. The quantitative estimate of drug-likeness (QED) is 0.918. The molecule has 0 amide bonds. The van der Waals surface area contributed by atoms with Gasteiger partial charge in [0, 0.05) is 0 Å². The van der Waals surface area contributed by atoms with Crippen LogP contribution in [0.4, 0.5) is 0 Å². The summed E-state index contributed by atoms with van der Waals surface area (Å²) in [7, 11) is 1.70. The van der Waals surface area contributed by atoms with Crippen LogP contribution < -0.4 is 10.5 Å². The first-order chi connectivity index (χ1) is 9.77. The van der Waals surface area contributed by atoms with Gasteiger partial charge >= 0.3 is 0 Å². The Morgan fingerprint density at radius 3 is 2.10 bits per heavy atom. The molecule has 0 heterocycles. The summed E-state index contributed by atoms with van der Waals surface area (Å²) in [5.41, 5.74) is 13.3. The Labute approximate surface area is 127 Å². The third kappa shape index (κ3) is 2.81. The first-order valence-corrected chi connectivity index (χ1v) is 7.29. The van der Waals surface area contributed by atoms with Crippen molar-refractivity contribution in [3.63, 3.8) is 0 Å². The fourth-order valence-electron chi connectivity index (χ4n) is 2.79. The van der Waals surface area contributed by atoms with E-state index in [1.165, 1.54) is 11.1 Å². The van der Waals surface area contributed by atoms with E-state index in [9.17, 15) is 0 Å². The molecule has 2 N–H and O–H groups in total. The van der Waals surface area contributed by atoms with Gasteiger partial charge in [-0.25, -0.2) is 0 Å². The molecule has 1 unspecified atom stereocenters. The molecule has 0 spiro atoms. The second-order valence-electron chi connectivity index (χ2n) is 6.14. The molecule has 0 aromatic heterocycles. The first kappa shape index (κ1) is 15.6. The van der Waals surface area contributed by atoms with Gasteiger partial charge in [0.25, 0.3) is 0 Å². The van der Waals surface area contributed by atoms with Crippen LogP contribution in [0.2, 0.25) is 0 Å². The average Bonchev–Trinajstić information content (AvgIpc) is 2.43. The Balaban J connectivity index is 2.57. The molecule has 0 aliphatic rings. The van der Waals surface area contributed by atoms with Crippen molar-refractivity contribution in [1.82, 2.24) is 0 Å². The van der Waals surface area contributed by atoms with E-state index in [1.807, 2.05) is 0 Å². The number of nitrogens with two attached hydrogens (primary N) is 1. The van der Waals surface area contributed by atoms with E-state index in [4.69, 9.17) is 10.5 Å². The van der Waals surface area contributed by atoms with Crippen LogP contribution in [-0.4, -0.2) is 7.11 Å².